The van der Waals surface area contributed by atoms with E-state index in [1.54, 1.807) is 12.3 Å². The minimum atomic E-state index is -0.833. The van der Waals surface area contributed by atoms with Gasteiger partial charge >= 0.3 is 0 Å². The highest BCUT2D eigenvalue weighted by molar-refractivity contribution is 9.11. The van der Waals surface area contributed by atoms with Crippen molar-refractivity contribution in [1.82, 2.24) is 4.98 Å². The van der Waals surface area contributed by atoms with Crippen LogP contribution in [0.15, 0.2) is 21.2 Å². The Labute approximate surface area is 92.4 Å². The molecule has 0 saturated carbocycles. The van der Waals surface area contributed by atoms with Crippen molar-refractivity contribution in [2.24, 2.45) is 0 Å². The minimum absolute atomic E-state index is 0.0627. The van der Waals surface area contributed by atoms with E-state index in [-0.39, 0.29) is 6.42 Å². The molecule has 3 nitrogen and oxygen atoms in total. The van der Waals surface area contributed by atoms with Crippen molar-refractivity contribution in [1.29, 1.82) is 0 Å². The van der Waals surface area contributed by atoms with Gasteiger partial charge in [0.05, 0.1) is 5.69 Å². The SMILES string of the molecule is O=CCC(O)c1ncc(Br)cc1Br. The molecular weight excluding hydrogens is 302 g/mol. The number of hydrogen-bond donors (Lipinski definition) is 1. The Morgan fingerprint density at radius 1 is 1.62 bits per heavy atom. The number of carbonyl (C=O) groups excluding carboxylic acids is 1. The number of pyridine rings is 1. The highest BCUT2D eigenvalue weighted by Crippen LogP contribution is 2.25. The first-order valence-electron chi connectivity index (χ1n) is 3.57. The van der Waals surface area contributed by atoms with E-state index in [2.05, 4.69) is 36.8 Å². The van der Waals surface area contributed by atoms with Crippen LogP contribution in [0.2, 0.25) is 0 Å². The Morgan fingerprint density at radius 2 is 2.31 bits per heavy atom. The summed E-state index contributed by atoms with van der Waals surface area (Å²) in [6.07, 6.45) is 1.47. The molecule has 1 rings (SSSR count). The summed E-state index contributed by atoms with van der Waals surface area (Å²) in [6.45, 7) is 0. The zero-order chi connectivity index (χ0) is 9.84. The van der Waals surface area contributed by atoms with Crippen molar-refractivity contribution in [3.63, 3.8) is 0 Å². The van der Waals surface area contributed by atoms with Crippen molar-refractivity contribution in [2.45, 2.75) is 12.5 Å². The molecule has 1 atom stereocenters. The van der Waals surface area contributed by atoms with E-state index in [0.29, 0.717) is 16.5 Å². The first kappa shape index (κ1) is 10.8. The highest BCUT2D eigenvalue weighted by atomic mass is 79.9. The maximum absolute atomic E-state index is 10.2. The Hall–Kier alpha value is -0.260. The molecule has 1 aromatic rings. The van der Waals surface area contributed by atoms with E-state index in [4.69, 9.17) is 0 Å². The molecule has 0 saturated heterocycles. The van der Waals surface area contributed by atoms with E-state index in [0.717, 1.165) is 4.47 Å². The van der Waals surface area contributed by atoms with Crippen molar-refractivity contribution < 1.29 is 9.90 Å². The molecule has 0 aliphatic heterocycles. The number of aliphatic hydroxyl groups excluding tert-OH is 1. The lowest BCUT2D eigenvalue weighted by atomic mass is 10.2. The predicted octanol–water partition coefficient (Wildman–Crippen LogP) is 2.23. The van der Waals surface area contributed by atoms with Gasteiger partial charge in [-0.2, -0.15) is 0 Å². The lowest BCUT2D eigenvalue weighted by molar-refractivity contribution is -0.109. The van der Waals surface area contributed by atoms with Crippen LogP contribution in [0.3, 0.4) is 0 Å². The number of aldehydes is 1. The monoisotopic (exact) mass is 307 g/mol. The Kier molecular flexibility index (Phi) is 4.02. The van der Waals surface area contributed by atoms with Crippen LogP contribution in [-0.4, -0.2) is 16.4 Å². The molecule has 0 aliphatic rings. The summed E-state index contributed by atoms with van der Waals surface area (Å²) in [5, 5.41) is 9.45. The molecule has 0 aromatic carbocycles. The topological polar surface area (TPSA) is 50.2 Å². The molecule has 1 unspecified atom stereocenters. The third kappa shape index (κ3) is 2.86. The van der Waals surface area contributed by atoms with Crippen LogP contribution >= 0.6 is 31.9 Å². The van der Waals surface area contributed by atoms with Gasteiger partial charge in [-0.25, -0.2) is 0 Å². The molecule has 0 amide bonds. The number of aliphatic hydroxyl groups is 1. The largest absolute Gasteiger partial charge is 0.386 e. The van der Waals surface area contributed by atoms with Crippen LogP contribution in [-0.2, 0) is 4.79 Å². The summed E-state index contributed by atoms with van der Waals surface area (Å²) >= 11 is 6.49. The number of aromatic nitrogens is 1. The lowest BCUT2D eigenvalue weighted by Gasteiger charge is -2.08. The van der Waals surface area contributed by atoms with E-state index in [9.17, 15) is 9.90 Å². The van der Waals surface area contributed by atoms with Gasteiger partial charge < -0.3 is 9.90 Å². The maximum Gasteiger partial charge on any atom is 0.122 e. The van der Waals surface area contributed by atoms with E-state index < -0.39 is 6.10 Å². The first-order valence-corrected chi connectivity index (χ1v) is 5.16. The fraction of sp³-hybridized carbons (Fsp3) is 0.250. The van der Waals surface area contributed by atoms with Crippen LogP contribution in [0.25, 0.3) is 0 Å². The van der Waals surface area contributed by atoms with Crippen molar-refractivity contribution >= 4 is 38.1 Å². The minimum Gasteiger partial charge on any atom is -0.386 e. The van der Waals surface area contributed by atoms with Gasteiger partial charge in [-0.05, 0) is 37.9 Å². The lowest BCUT2D eigenvalue weighted by Crippen LogP contribution is -2.01. The molecule has 1 aromatic heterocycles. The summed E-state index contributed by atoms with van der Waals surface area (Å²) in [6, 6.07) is 1.77. The average molecular weight is 309 g/mol. The Balaban J connectivity index is 2.94. The molecule has 1 N–H and O–H groups in total. The zero-order valence-electron chi connectivity index (χ0n) is 6.58. The fourth-order valence-electron chi connectivity index (χ4n) is 0.873. The number of halogens is 2. The second-order valence-electron chi connectivity index (χ2n) is 2.44. The molecule has 0 bridgehead atoms. The summed E-state index contributed by atoms with van der Waals surface area (Å²) in [5.41, 5.74) is 0.482. The fourth-order valence-corrected chi connectivity index (χ4v) is 2.12. The number of carbonyl (C=O) groups is 1. The summed E-state index contributed by atoms with van der Waals surface area (Å²) in [5.74, 6) is 0. The normalized spacial score (nSPS) is 12.5. The standard InChI is InChI=1S/C8H7Br2NO2/c9-5-3-6(10)8(11-4-5)7(13)1-2-12/h2-4,7,13H,1H2. The molecule has 13 heavy (non-hydrogen) atoms. The quantitative estimate of drug-likeness (QED) is 0.871. The third-order valence-electron chi connectivity index (χ3n) is 1.47. The van der Waals surface area contributed by atoms with Gasteiger partial charge in [0.1, 0.15) is 12.4 Å². The van der Waals surface area contributed by atoms with Gasteiger partial charge in [0.2, 0.25) is 0 Å². The molecule has 0 aliphatic carbocycles. The second kappa shape index (κ2) is 4.83. The molecule has 0 radical (unpaired) electrons. The van der Waals surface area contributed by atoms with Crippen LogP contribution in [0.1, 0.15) is 18.2 Å². The molecule has 70 valence electrons. The van der Waals surface area contributed by atoms with Crippen LogP contribution in [0, 0.1) is 0 Å². The van der Waals surface area contributed by atoms with Crippen molar-refractivity contribution in [2.75, 3.05) is 0 Å². The third-order valence-corrected chi connectivity index (χ3v) is 2.54. The molecular formula is C8H7Br2NO2. The molecule has 1 heterocycles. The number of rotatable bonds is 3. The smallest absolute Gasteiger partial charge is 0.122 e. The molecule has 0 spiro atoms. The van der Waals surface area contributed by atoms with E-state index in [1.165, 1.54) is 0 Å². The van der Waals surface area contributed by atoms with Gasteiger partial charge in [0.15, 0.2) is 0 Å². The number of hydrogen-bond acceptors (Lipinski definition) is 3. The van der Waals surface area contributed by atoms with Gasteiger partial charge in [-0.15, -0.1) is 0 Å². The van der Waals surface area contributed by atoms with E-state index in [1.807, 2.05) is 0 Å². The summed E-state index contributed by atoms with van der Waals surface area (Å²) < 4.78 is 1.51. The van der Waals surface area contributed by atoms with Crippen LogP contribution in [0.4, 0.5) is 0 Å². The number of nitrogens with zero attached hydrogens (tertiary/aromatic N) is 1. The van der Waals surface area contributed by atoms with Gasteiger partial charge in [0.25, 0.3) is 0 Å². The van der Waals surface area contributed by atoms with Gasteiger partial charge in [0, 0.05) is 21.6 Å². The maximum atomic E-state index is 10.2. The van der Waals surface area contributed by atoms with Crippen molar-refractivity contribution in [3.05, 3.63) is 26.9 Å². The first-order chi connectivity index (χ1) is 6.15. The Bertz CT molecular complexity index is 317. The predicted molar refractivity (Wildman–Crippen MR) is 55.3 cm³/mol. The Morgan fingerprint density at radius 3 is 2.85 bits per heavy atom. The molecule has 5 heteroatoms. The zero-order valence-corrected chi connectivity index (χ0v) is 9.75. The van der Waals surface area contributed by atoms with Gasteiger partial charge in [-0.1, -0.05) is 0 Å². The van der Waals surface area contributed by atoms with Crippen molar-refractivity contribution in [3.8, 4) is 0 Å². The summed E-state index contributed by atoms with van der Waals surface area (Å²) in [4.78, 5) is 14.1. The summed E-state index contributed by atoms with van der Waals surface area (Å²) in [7, 11) is 0. The van der Waals surface area contributed by atoms with Crippen LogP contribution in [0.5, 0.6) is 0 Å². The molecule has 0 fully saturated rings. The van der Waals surface area contributed by atoms with Gasteiger partial charge in [-0.3, -0.25) is 4.98 Å². The highest BCUT2D eigenvalue weighted by Gasteiger charge is 2.12. The van der Waals surface area contributed by atoms with Crippen LogP contribution < -0.4 is 0 Å². The second-order valence-corrected chi connectivity index (χ2v) is 4.21. The average Bonchev–Trinajstić information content (AvgIpc) is 2.04. The van der Waals surface area contributed by atoms with E-state index >= 15 is 0 Å².